The normalized spacial score (nSPS) is 19.0. The van der Waals surface area contributed by atoms with Crippen molar-refractivity contribution in [3.8, 4) is 0 Å². The molecule has 1 saturated heterocycles. The first kappa shape index (κ1) is 16.1. The average Bonchev–Trinajstić information content (AvgIpc) is 2.70. The summed E-state index contributed by atoms with van der Waals surface area (Å²) in [6.45, 7) is 3.80. The molecule has 2 fully saturated rings. The van der Waals surface area contributed by atoms with E-state index in [0.717, 1.165) is 37.9 Å². The van der Waals surface area contributed by atoms with Crippen LogP contribution in [0.3, 0.4) is 0 Å². The second kappa shape index (κ2) is 7.68. The zero-order valence-electron chi connectivity index (χ0n) is 14.6. The molecule has 6 heteroatoms. The molecule has 2 heterocycles. The van der Waals surface area contributed by atoms with Gasteiger partial charge in [-0.3, -0.25) is 0 Å². The Balaban J connectivity index is 1.37. The van der Waals surface area contributed by atoms with Crippen molar-refractivity contribution in [3.05, 3.63) is 36.5 Å². The topological polar surface area (TPSA) is 57.2 Å². The number of nitrogens with one attached hydrogen (secondary N) is 1. The Hall–Kier alpha value is -2.37. The fourth-order valence-electron chi connectivity index (χ4n) is 3.76. The lowest BCUT2D eigenvalue weighted by Crippen LogP contribution is -2.47. The molecule has 0 bridgehead atoms. The van der Waals surface area contributed by atoms with Crippen LogP contribution in [0.25, 0.3) is 0 Å². The Labute approximate surface area is 149 Å². The molecule has 2 aliphatic rings. The van der Waals surface area contributed by atoms with Gasteiger partial charge >= 0.3 is 0 Å². The third-order valence-electron chi connectivity index (χ3n) is 5.19. The molecule has 0 atom stereocenters. The van der Waals surface area contributed by atoms with E-state index in [9.17, 15) is 0 Å². The van der Waals surface area contributed by atoms with Crippen LogP contribution in [0.2, 0.25) is 0 Å². The van der Waals surface area contributed by atoms with E-state index in [1.165, 1.54) is 37.8 Å². The SMILES string of the molecule is c1ccc(N2CCN(c3nncc(NC4CCCCC4)n3)CC2)cc1. The van der Waals surface area contributed by atoms with Gasteiger partial charge in [0, 0.05) is 37.9 Å². The second-order valence-electron chi connectivity index (χ2n) is 6.93. The molecule has 2 aromatic rings. The Kier molecular flexibility index (Phi) is 4.95. The van der Waals surface area contributed by atoms with E-state index in [2.05, 4.69) is 55.6 Å². The van der Waals surface area contributed by atoms with Crippen LogP contribution in [0.1, 0.15) is 32.1 Å². The van der Waals surface area contributed by atoms with Gasteiger partial charge in [0.1, 0.15) is 0 Å². The molecule has 1 aromatic heterocycles. The monoisotopic (exact) mass is 338 g/mol. The Morgan fingerprint density at radius 1 is 0.880 bits per heavy atom. The number of para-hydroxylation sites is 1. The van der Waals surface area contributed by atoms with Crippen molar-refractivity contribution in [1.82, 2.24) is 15.2 Å². The summed E-state index contributed by atoms with van der Waals surface area (Å²) in [5.41, 5.74) is 1.29. The van der Waals surface area contributed by atoms with Gasteiger partial charge in [-0.2, -0.15) is 10.1 Å². The van der Waals surface area contributed by atoms with Crippen LogP contribution in [-0.4, -0.2) is 47.4 Å². The first-order valence-electron chi connectivity index (χ1n) is 9.40. The summed E-state index contributed by atoms with van der Waals surface area (Å²) in [5, 5.41) is 12.0. The molecule has 132 valence electrons. The van der Waals surface area contributed by atoms with Gasteiger partial charge < -0.3 is 15.1 Å². The summed E-state index contributed by atoms with van der Waals surface area (Å²) in [5.74, 6) is 1.61. The zero-order chi connectivity index (χ0) is 16.9. The summed E-state index contributed by atoms with van der Waals surface area (Å²) in [6, 6.07) is 11.1. The molecule has 1 N–H and O–H groups in total. The molecule has 25 heavy (non-hydrogen) atoms. The number of hydrogen-bond acceptors (Lipinski definition) is 6. The summed E-state index contributed by atoms with van der Waals surface area (Å²) in [6.07, 6.45) is 8.19. The van der Waals surface area contributed by atoms with Crippen LogP contribution in [0.15, 0.2) is 36.5 Å². The van der Waals surface area contributed by atoms with Crippen molar-refractivity contribution in [2.45, 2.75) is 38.1 Å². The average molecular weight is 338 g/mol. The Morgan fingerprint density at radius 3 is 2.36 bits per heavy atom. The molecule has 1 aromatic carbocycles. The number of piperazine rings is 1. The van der Waals surface area contributed by atoms with Gasteiger partial charge in [-0.05, 0) is 25.0 Å². The highest BCUT2D eigenvalue weighted by Crippen LogP contribution is 2.22. The fourth-order valence-corrected chi connectivity index (χ4v) is 3.76. The van der Waals surface area contributed by atoms with Gasteiger partial charge in [0.15, 0.2) is 5.82 Å². The maximum absolute atomic E-state index is 4.71. The van der Waals surface area contributed by atoms with Gasteiger partial charge in [-0.1, -0.05) is 37.5 Å². The number of aromatic nitrogens is 3. The summed E-state index contributed by atoms with van der Waals surface area (Å²) < 4.78 is 0. The maximum Gasteiger partial charge on any atom is 0.247 e. The predicted molar refractivity (Wildman–Crippen MR) is 101 cm³/mol. The van der Waals surface area contributed by atoms with Crippen molar-refractivity contribution in [2.24, 2.45) is 0 Å². The van der Waals surface area contributed by atoms with E-state index in [0.29, 0.717) is 6.04 Å². The van der Waals surface area contributed by atoms with Crippen LogP contribution < -0.4 is 15.1 Å². The lowest BCUT2D eigenvalue weighted by molar-refractivity contribution is 0.461. The first-order valence-corrected chi connectivity index (χ1v) is 9.40. The van der Waals surface area contributed by atoms with E-state index in [4.69, 9.17) is 4.98 Å². The smallest absolute Gasteiger partial charge is 0.247 e. The van der Waals surface area contributed by atoms with Crippen molar-refractivity contribution in [2.75, 3.05) is 41.3 Å². The summed E-state index contributed by atoms with van der Waals surface area (Å²) in [7, 11) is 0. The van der Waals surface area contributed by atoms with Crippen molar-refractivity contribution >= 4 is 17.5 Å². The van der Waals surface area contributed by atoms with E-state index in [1.807, 2.05) is 0 Å². The Morgan fingerprint density at radius 2 is 1.60 bits per heavy atom. The summed E-state index contributed by atoms with van der Waals surface area (Å²) in [4.78, 5) is 9.36. The molecule has 6 nitrogen and oxygen atoms in total. The number of anilines is 3. The second-order valence-corrected chi connectivity index (χ2v) is 6.93. The number of rotatable bonds is 4. The van der Waals surface area contributed by atoms with Crippen LogP contribution in [0, 0.1) is 0 Å². The third-order valence-corrected chi connectivity index (χ3v) is 5.19. The number of hydrogen-bond donors (Lipinski definition) is 1. The van der Waals surface area contributed by atoms with Gasteiger partial charge in [0.25, 0.3) is 0 Å². The molecule has 0 unspecified atom stereocenters. The highest BCUT2D eigenvalue weighted by atomic mass is 15.4. The minimum absolute atomic E-state index is 0.535. The molecule has 0 radical (unpaired) electrons. The standard InChI is InChI=1S/C19H26N6/c1-3-7-16(8-4-1)21-18-15-20-23-19(22-18)25-13-11-24(12-14-25)17-9-5-2-6-10-17/h2,5-6,9-10,15-16H,1,3-4,7-8,11-14H2,(H,21,22,23). The van der Waals surface area contributed by atoms with E-state index in [1.54, 1.807) is 6.20 Å². The Bertz CT molecular complexity index is 663. The maximum atomic E-state index is 4.71. The lowest BCUT2D eigenvalue weighted by atomic mass is 9.96. The van der Waals surface area contributed by atoms with Crippen molar-refractivity contribution in [3.63, 3.8) is 0 Å². The lowest BCUT2D eigenvalue weighted by Gasteiger charge is -2.36. The van der Waals surface area contributed by atoms with Crippen molar-refractivity contribution in [1.29, 1.82) is 0 Å². The predicted octanol–water partition coefficient (Wildman–Crippen LogP) is 2.94. The fraction of sp³-hybridized carbons (Fsp3) is 0.526. The van der Waals surface area contributed by atoms with Crippen LogP contribution in [0.5, 0.6) is 0 Å². The molecular formula is C19H26N6. The van der Waals surface area contributed by atoms with Crippen LogP contribution in [0.4, 0.5) is 17.5 Å². The third kappa shape index (κ3) is 4.00. The highest BCUT2D eigenvalue weighted by molar-refractivity contribution is 5.48. The summed E-state index contributed by atoms with van der Waals surface area (Å²) >= 11 is 0. The number of benzene rings is 1. The molecule has 1 aliphatic carbocycles. The number of nitrogens with zero attached hydrogens (tertiary/aromatic N) is 5. The van der Waals surface area contributed by atoms with Crippen molar-refractivity contribution < 1.29 is 0 Å². The van der Waals surface area contributed by atoms with Gasteiger partial charge in [0.2, 0.25) is 5.95 Å². The zero-order valence-corrected chi connectivity index (χ0v) is 14.6. The minimum Gasteiger partial charge on any atom is -0.368 e. The molecule has 4 rings (SSSR count). The molecule has 1 aliphatic heterocycles. The van der Waals surface area contributed by atoms with E-state index in [-0.39, 0.29) is 0 Å². The van der Waals surface area contributed by atoms with Crippen LogP contribution >= 0.6 is 0 Å². The van der Waals surface area contributed by atoms with Gasteiger partial charge in [-0.25, -0.2) is 0 Å². The van der Waals surface area contributed by atoms with E-state index < -0.39 is 0 Å². The molecule has 1 saturated carbocycles. The van der Waals surface area contributed by atoms with E-state index >= 15 is 0 Å². The minimum atomic E-state index is 0.535. The highest BCUT2D eigenvalue weighted by Gasteiger charge is 2.20. The quantitative estimate of drug-likeness (QED) is 0.925. The van der Waals surface area contributed by atoms with Crippen LogP contribution in [-0.2, 0) is 0 Å². The first-order chi connectivity index (χ1) is 12.4. The van der Waals surface area contributed by atoms with Gasteiger partial charge in [-0.15, -0.1) is 5.10 Å². The largest absolute Gasteiger partial charge is 0.368 e. The molecule has 0 spiro atoms. The molecular weight excluding hydrogens is 312 g/mol. The molecule has 0 amide bonds. The van der Waals surface area contributed by atoms with Gasteiger partial charge in [0.05, 0.1) is 6.20 Å².